The number of nitrogens with one attached hydrogen (secondary N) is 3. The summed E-state index contributed by atoms with van der Waals surface area (Å²) < 4.78 is 17.1. The molecule has 0 spiro atoms. The number of rotatable bonds is 10. The largest absolute Gasteiger partial charge is 0.493 e. The molecule has 0 aliphatic carbocycles. The number of carbonyl (C=O) groups excluding carboxylic acids is 4. The summed E-state index contributed by atoms with van der Waals surface area (Å²) in [5, 5.41) is 8.49. The lowest BCUT2D eigenvalue weighted by Crippen LogP contribution is -2.54. The van der Waals surface area contributed by atoms with Crippen LogP contribution in [0.1, 0.15) is 68.8 Å². The fourth-order valence-corrected chi connectivity index (χ4v) is 5.81. The average molecular weight is 623 g/mol. The van der Waals surface area contributed by atoms with Gasteiger partial charge in [0.2, 0.25) is 17.7 Å². The highest BCUT2D eigenvalue weighted by Gasteiger charge is 2.36. The Morgan fingerprint density at radius 1 is 1.11 bits per heavy atom. The molecule has 3 N–H and O–H groups in total. The van der Waals surface area contributed by atoms with Crippen LogP contribution in [0, 0.1) is 5.92 Å². The third kappa shape index (κ3) is 9.12. The quantitative estimate of drug-likeness (QED) is 0.346. The minimum Gasteiger partial charge on any atom is -0.493 e. The molecule has 3 atom stereocenters. The summed E-state index contributed by atoms with van der Waals surface area (Å²) in [6.07, 6.45) is 3.03. The van der Waals surface area contributed by atoms with Crippen LogP contribution in [0.25, 0.3) is 0 Å². The van der Waals surface area contributed by atoms with Crippen molar-refractivity contribution in [3.05, 3.63) is 53.6 Å². The Kier molecular flexibility index (Phi) is 12.1. The number of methoxy groups -OCH3 is 1. The van der Waals surface area contributed by atoms with Gasteiger partial charge in [0.1, 0.15) is 24.4 Å². The summed E-state index contributed by atoms with van der Waals surface area (Å²) >= 11 is 0. The maximum Gasteiger partial charge on any atom is 0.255 e. The predicted octanol–water partition coefficient (Wildman–Crippen LogP) is 3.25. The topological polar surface area (TPSA) is 135 Å². The van der Waals surface area contributed by atoms with Gasteiger partial charge in [0.05, 0.1) is 31.7 Å². The molecule has 1 saturated heterocycles. The Morgan fingerprint density at radius 2 is 1.91 bits per heavy atom. The second-order valence-electron chi connectivity index (χ2n) is 11.9. The summed E-state index contributed by atoms with van der Waals surface area (Å²) in [5.74, 6) is 0.193. The smallest absolute Gasteiger partial charge is 0.255 e. The van der Waals surface area contributed by atoms with Crippen molar-refractivity contribution in [2.24, 2.45) is 5.92 Å². The number of benzene rings is 2. The molecule has 11 nitrogen and oxygen atoms in total. The zero-order chi connectivity index (χ0) is 32.3. The molecule has 0 radical (unpaired) electrons. The molecule has 0 unspecified atom stereocenters. The third-order valence-electron chi connectivity index (χ3n) is 8.04. The van der Waals surface area contributed by atoms with Crippen LogP contribution in [-0.4, -0.2) is 80.1 Å². The monoisotopic (exact) mass is 622 g/mol. The van der Waals surface area contributed by atoms with Crippen LogP contribution in [0.3, 0.4) is 0 Å². The Labute approximate surface area is 265 Å². The molecule has 2 aromatic carbocycles. The zero-order valence-electron chi connectivity index (χ0n) is 26.7. The second kappa shape index (κ2) is 16.2. The van der Waals surface area contributed by atoms with Crippen LogP contribution in [0.15, 0.2) is 42.5 Å². The van der Waals surface area contributed by atoms with Gasteiger partial charge in [0.15, 0.2) is 11.5 Å². The maximum atomic E-state index is 13.7. The van der Waals surface area contributed by atoms with E-state index in [1.165, 1.54) is 0 Å². The molecule has 4 amide bonds. The number of nitrogens with zero attached hydrogens (tertiary/aromatic N) is 1. The molecule has 11 heteroatoms. The van der Waals surface area contributed by atoms with Crippen LogP contribution in [-0.2, 0) is 20.8 Å². The minimum atomic E-state index is -1.16. The van der Waals surface area contributed by atoms with Gasteiger partial charge < -0.3 is 35.1 Å². The van der Waals surface area contributed by atoms with Gasteiger partial charge in [0.25, 0.3) is 5.91 Å². The summed E-state index contributed by atoms with van der Waals surface area (Å²) in [6.45, 7) is 7.55. The van der Waals surface area contributed by atoms with Gasteiger partial charge in [-0.05, 0) is 74.8 Å². The van der Waals surface area contributed by atoms with E-state index in [0.29, 0.717) is 56.2 Å². The van der Waals surface area contributed by atoms with Crippen molar-refractivity contribution in [3.8, 4) is 17.2 Å². The summed E-state index contributed by atoms with van der Waals surface area (Å²) in [7, 11) is 1.59. The summed E-state index contributed by atoms with van der Waals surface area (Å²) in [5.41, 5.74) is 1.28. The van der Waals surface area contributed by atoms with Gasteiger partial charge in [-0.25, -0.2) is 0 Å². The van der Waals surface area contributed by atoms with Crippen molar-refractivity contribution in [3.63, 3.8) is 0 Å². The number of para-hydroxylation sites is 1. The van der Waals surface area contributed by atoms with Crippen LogP contribution < -0.4 is 30.2 Å². The van der Waals surface area contributed by atoms with E-state index in [1.54, 1.807) is 36.3 Å². The van der Waals surface area contributed by atoms with Crippen molar-refractivity contribution in [2.45, 2.75) is 77.4 Å². The second-order valence-corrected chi connectivity index (χ2v) is 11.9. The predicted molar refractivity (Wildman–Crippen MR) is 169 cm³/mol. The first-order valence-electron chi connectivity index (χ1n) is 15.9. The standard InChI is InChI=1S/C34H46N4O7/c1-5-44-29-15-14-23(19-30(29)43-4)10-8-16-35-33(41)26-20-31(39)36-27(18-22(2)3)34(42)38-17-9-11-24(38)21-45-28-13-7-6-12-25(28)32(40)37-26/h6-7,12-15,19,22,24,26-27H,5,8-11,16-18,20-21H2,1-4H3,(H,35,41)(H,36,39)(H,37,40)/t24-,26+,27+/m1/s1. The molecule has 2 aliphatic heterocycles. The third-order valence-corrected chi connectivity index (χ3v) is 8.04. The highest BCUT2D eigenvalue weighted by Crippen LogP contribution is 2.28. The fourth-order valence-electron chi connectivity index (χ4n) is 5.81. The number of ether oxygens (including phenoxy) is 3. The highest BCUT2D eigenvalue weighted by atomic mass is 16.5. The Hall–Kier alpha value is -4.28. The molecular formula is C34H46N4O7. The van der Waals surface area contributed by atoms with E-state index in [-0.39, 0.29) is 36.5 Å². The number of hydrogen-bond donors (Lipinski definition) is 3. The first-order chi connectivity index (χ1) is 21.7. The van der Waals surface area contributed by atoms with Gasteiger partial charge in [-0.2, -0.15) is 0 Å². The average Bonchev–Trinajstić information content (AvgIpc) is 3.49. The molecule has 4 rings (SSSR count). The van der Waals surface area contributed by atoms with Crippen molar-refractivity contribution < 1.29 is 33.4 Å². The van der Waals surface area contributed by atoms with Gasteiger partial charge in [0, 0.05) is 13.1 Å². The normalized spacial score (nSPS) is 20.7. The van der Waals surface area contributed by atoms with Gasteiger partial charge in [-0.15, -0.1) is 0 Å². The molecule has 2 heterocycles. The lowest BCUT2D eigenvalue weighted by Gasteiger charge is -2.31. The number of aryl methyl sites for hydroxylation is 1. The Bertz CT molecular complexity index is 1350. The van der Waals surface area contributed by atoms with Gasteiger partial charge >= 0.3 is 0 Å². The summed E-state index contributed by atoms with van der Waals surface area (Å²) in [4.78, 5) is 55.6. The van der Waals surface area contributed by atoms with E-state index in [4.69, 9.17) is 14.2 Å². The molecule has 1 fully saturated rings. The Morgan fingerprint density at radius 3 is 2.67 bits per heavy atom. The van der Waals surface area contributed by atoms with Gasteiger partial charge in [-0.3, -0.25) is 19.2 Å². The van der Waals surface area contributed by atoms with E-state index in [9.17, 15) is 19.2 Å². The number of fused-ring (bicyclic) bond motifs is 2. The van der Waals surface area contributed by atoms with E-state index >= 15 is 0 Å². The van der Waals surface area contributed by atoms with E-state index in [2.05, 4.69) is 16.0 Å². The van der Waals surface area contributed by atoms with Crippen molar-refractivity contribution in [1.82, 2.24) is 20.9 Å². The maximum absolute atomic E-state index is 13.7. The molecule has 0 aromatic heterocycles. The van der Waals surface area contributed by atoms with Crippen LogP contribution in [0.4, 0.5) is 0 Å². The highest BCUT2D eigenvalue weighted by molar-refractivity contribution is 6.01. The first-order valence-corrected chi connectivity index (χ1v) is 15.9. The van der Waals surface area contributed by atoms with Gasteiger partial charge in [-0.1, -0.05) is 32.0 Å². The first kappa shape index (κ1) is 33.6. The molecule has 244 valence electrons. The molecule has 2 aromatic rings. The van der Waals surface area contributed by atoms with Crippen LogP contribution in [0.5, 0.6) is 17.2 Å². The van der Waals surface area contributed by atoms with Crippen molar-refractivity contribution >= 4 is 23.6 Å². The van der Waals surface area contributed by atoms with Crippen LogP contribution >= 0.6 is 0 Å². The molecule has 0 saturated carbocycles. The van der Waals surface area contributed by atoms with Crippen molar-refractivity contribution in [2.75, 3.05) is 33.4 Å². The van der Waals surface area contributed by atoms with E-state index in [1.807, 2.05) is 39.0 Å². The lowest BCUT2D eigenvalue weighted by atomic mass is 10.0. The number of hydrogen-bond acceptors (Lipinski definition) is 7. The number of carbonyl (C=O) groups is 4. The van der Waals surface area contributed by atoms with Crippen molar-refractivity contribution in [1.29, 1.82) is 0 Å². The minimum absolute atomic E-state index is 0.149. The Balaban J connectivity index is 1.49. The molecular weight excluding hydrogens is 576 g/mol. The van der Waals surface area contributed by atoms with E-state index < -0.39 is 29.8 Å². The van der Waals surface area contributed by atoms with Crippen LogP contribution in [0.2, 0.25) is 0 Å². The molecule has 0 bridgehead atoms. The lowest BCUT2D eigenvalue weighted by molar-refractivity contribution is -0.138. The van der Waals surface area contributed by atoms with E-state index in [0.717, 1.165) is 18.4 Å². The molecule has 2 aliphatic rings. The summed E-state index contributed by atoms with van der Waals surface area (Å²) in [6, 6.07) is 10.5. The number of amides is 4. The zero-order valence-corrected chi connectivity index (χ0v) is 26.7. The SMILES string of the molecule is CCOc1ccc(CCCNC(=O)[C@@H]2CC(=O)N[C@@H](CC(C)C)C(=O)N3CCC[C@@H]3COc3ccccc3C(=O)N2)cc1OC. The fraction of sp³-hybridized carbons (Fsp3) is 0.529. The molecule has 45 heavy (non-hydrogen) atoms.